The van der Waals surface area contributed by atoms with Crippen LogP contribution in [0, 0.1) is 0 Å². The number of nitrogens with zero attached hydrogens (tertiary/aromatic N) is 7. The highest BCUT2D eigenvalue weighted by atomic mass is 16.1. The first-order valence-electron chi connectivity index (χ1n) is 11.9. The van der Waals surface area contributed by atoms with Gasteiger partial charge in [0, 0.05) is 37.4 Å². The van der Waals surface area contributed by atoms with Gasteiger partial charge < -0.3 is 14.8 Å². The Kier molecular flexibility index (Phi) is 5.05. The van der Waals surface area contributed by atoms with Crippen molar-refractivity contribution in [2.24, 2.45) is 0 Å². The lowest BCUT2D eigenvalue weighted by atomic mass is 10.0. The zero-order chi connectivity index (χ0) is 24.0. The molecular formula is C26H26N8O. The molecule has 0 aliphatic carbocycles. The SMILES string of the molecule is CC1(C)CCc2nnc(-c3cccc(NC(=O)c4cc5c(cn4)CCN(c4ccccn4)C5)n3)n21. The monoisotopic (exact) mass is 466 g/mol. The third-order valence-electron chi connectivity index (χ3n) is 6.82. The van der Waals surface area contributed by atoms with Crippen LogP contribution in [-0.2, 0) is 24.9 Å². The van der Waals surface area contributed by atoms with Crippen molar-refractivity contribution >= 4 is 17.5 Å². The van der Waals surface area contributed by atoms with Crippen molar-refractivity contribution in [1.82, 2.24) is 29.7 Å². The van der Waals surface area contributed by atoms with Gasteiger partial charge in [-0.15, -0.1) is 10.2 Å². The second kappa shape index (κ2) is 8.26. The zero-order valence-electron chi connectivity index (χ0n) is 19.8. The van der Waals surface area contributed by atoms with Gasteiger partial charge in [0.15, 0.2) is 5.82 Å². The van der Waals surface area contributed by atoms with Gasteiger partial charge >= 0.3 is 0 Å². The number of fused-ring (bicyclic) bond motifs is 2. The van der Waals surface area contributed by atoms with Crippen molar-refractivity contribution in [3.63, 3.8) is 0 Å². The summed E-state index contributed by atoms with van der Waals surface area (Å²) in [5.41, 5.74) is 3.23. The molecule has 1 amide bonds. The van der Waals surface area contributed by atoms with Crippen LogP contribution >= 0.6 is 0 Å². The van der Waals surface area contributed by atoms with E-state index in [1.807, 2.05) is 42.6 Å². The van der Waals surface area contributed by atoms with E-state index in [0.717, 1.165) is 54.4 Å². The summed E-state index contributed by atoms with van der Waals surface area (Å²) in [6.07, 6.45) is 6.39. The Bertz CT molecular complexity index is 1410. The zero-order valence-corrected chi connectivity index (χ0v) is 19.8. The molecule has 0 atom stereocenters. The lowest BCUT2D eigenvalue weighted by Gasteiger charge is -2.29. The number of amides is 1. The van der Waals surface area contributed by atoms with Crippen LogP contribution in [0.2, 0.25) is 0 Å². The highest BCUT2D eigenvalue weighted by Gasteiger charge is 2.34. The Hall–Kier alpha value is -4.14. The highest BCUT2D eigenvalue weighted by Crippen LogP contribution is 2.35. The molecule has 4 aromatic rings. The Morgan fingerprint density at radius 1 is 1.03 bits per heavy atom. The van der Waals surface area contributed by atoms with Crippen LogP contribution in [0.1, 0.15) is 47.7 Å². The largest absolute Gasteiger partial charge is 0.352 e. The molecule has 0 unspecified atom stereocenters. The van der Waals surface area contributed by atoms with Crippen molar-refractivity contribution in [3.8, 4) is 11.5 Å². The van der Waals surface area contributed by atoms with E-state index >= 15 is 0 Å². The van der Waals surface area contributed by atoms with Crippen LogP contribution in [0.3, 0.4) is 0 Å². The van der Waals surface area contributed by atoms with E-state index in [9.17, 15) is 4.79 Å². The number of anilines is 2. The minimum Gasteiger partial charge on any atom is -0.352 e. The molecule has 9 heteroatoms. The predicted octanol–water partition coefficient (Wildman–Crippen LogP) is 3.63. The quantitative estimate of drug-likeness (QED) is 0.490. The summed E-state index contributed by atoms with van der Waals surface area (Å²) >= 11 is 0. The van der Waals surface area contributed by atoms with E-state index in [2.05, 4.69) is 53.8 Å². The van der Waals surface area contributed by atoms with Gasteiger partial charge in [-0.3, -0.25) is 9.78 Å². The Balaban J connectivity index is 1.22. The fourth-order valence-electron chi connectivity index (χ4n) is 4.92. The minimum absolute atomic E-state index is 0.0642. The summed E-state index contributed by atoms with van der Waals surface area (Å²) in [6.45, 7) is 5.92. The maximum atomic E-state index is 13.1. The molecule has 0 aromatic carbocycles. The fourth-order valence-corrected chi connectivity index (χ4v) is 4.92. The van der Waals surface area contributed by atoms with Gasteiger partial charge in [0.1, 0.15) is 28.8 Å². The predicted molar refractivity (Wildman–Crippen MR) is 132 cm³/mol. The van der Waals surface area contributed by atoms with Crippen LogP contribution in [-0.4, -0.2) is 42.2 Å². The molecule has 0 spiro atoms. The Morgan fingerprint density at radius 3 is 2.80 bits per heavy atom. The highest BCUT2D eigenvalue weighted by molar-refractivity contribution is 6.02. The summed E-state index contributed by atoms with van der Waals surface area (Å²) in [5.74, 6) is 2.79. The third kappa shape index (κ3) is 3.92. The van der Waals surface area contributed by atoms with Crippen LogP contribution < -0.4 is 10.2 Å². The van der Waals surface area contributed by atoms with Crippen molar-refractivity contribution in [1.29, 1.82) is 0 Å². The van der Waals surface area contributed by atoms with Gasteiger partial charge in [-0.1, -0.05) is 12.1 Å². The van der Waals surface area contributed by atoms with Crippen molar-refractivity contribution in [3.05, 3.63) is 77.5 Å². The summed E-state index contributed by atoms with van der Waals surface area (Å²) in [4.78, 5) is 28.8. The van der Waals surface area contributed by atoms with E-state index in [1.165, 1.54) is 0 Å². The number of hydrogen-bond acceptors (Lipinski definition) is 7. The number of aromatic nitrogens is 6. The molecule has 6 rings (SSSR count). The topological polar surface area (TPSA) is 102 Å². The second-order valence-electron chi connectivity index (χ2n) is 9.65. The molecular weight excluding hydrogens is 440 g/mol. The molecule has 0 bridgehead atoms. The normalized spacial score (nSPS) is 16.0. The molecule has 0 radical (unpaired) electrons. The van der Waals surface area contributed by atoms with E-state index in [0.29, 0.717) is 23.8 Å². The van der Waals surface area contributed by atoms with E-state index < -0.39 is 0 Å². The maximum Gasteiger partial charge on any atom is 0.275 e. The van der Waals surface area contributed by atoms with Crippen LogP contribution in [0.4, 0.5) is 11.6 Å². The minimum atomic E-state index is -0.292. The molecule has 4 aromatic heterocycles. The van der Waals surface area contributed by atoms with E-state index in [4.69, 9.17) is 0 Å². The lowest BCUT2D eigenvalue weighted by Crippen LogP contribution is -2.31. The lowest BCUT2D eigenvalue weighted by molar-refractivity contribution is 0.102. The number of pyridine rings is 3. The Morgan fingerprint density at radius 2 is 1.94 bits per heavy atom. The van der Waals surface area contributed by atoms with Gasteiger partial charge in [0.2, 0.25) is 0 Å². The number of carbonyl (C=O) groups is 1. The molecule has 0 fully saturated rings. The van der Waals surface area contributed by atoms with Crippen molar-refractivity contribution < 1.29 is 4.79 Å². The van der Waals surface area contributed by atoms with Gasteiger partial charge in [-0.25, -0.2) is 9.97 Å². The average Bonchev–Trinajstić information content (AvgIpc) is 3.45. The average molecular weight is 467 g/mol. The first-order valence-corrected chi connectivity index (χ1v) is 11.9. The number of hydrogen-bond donors (Lipinski definition) is 1. The Labute approximate surface area is 203 Å². The molecule has 1 N–H and O–H groups in total. The number of aryl methyl sites for hydroxylation is 1. The smallest absolute Gasteiger partial charge is 0.275 e. The summed E-state index contributed by atoms with van der Waals surface area (Å²) in [7, 11) is 0. The number of carbonyl (C=O) groups excluding carboxylic acids is 1. The maximum absolute atomic E-state index is 13.1. The molecule has 2 aliphatic heterocycles. The van der Waals surface area contributed by atoms with E-state index in [1.54, 1.807) is 12.3 Å². The first-order chi connectivity index (χ1) is 17.0. The molecule has 2 aliphatic rings. The van der Waals surface area contributed by atoms with Crippen molar-refractivity contribution in [2.45, 2.75) is 45.2 Å². The summed E-state index contributed by atoms with van der Waals surface area (Å²) < 4.78 is 2.15. The number of rotatable bonds is 4. The van der Waals surface area contributed by atoms with Gasteiger partial charge in [0.25, 0.3) is 5.91 Å². The van der Waals surface area contributed by atoms with Gasteiger partial charge in [-0.05, 0) is 68.1 Å². The van der Waals surface area contributed by atoms with Crippen LogP contribution in [0.15, 0.2) is 54.9 Å². The second-order valence-corrected chi connectivity index (χ2v) is 9.65. The van der Waals surface area contributed by atoms with Crippen LogP contribution in [0.25, 0.3) is 11.5 Å². The van der Waals surface area contributed by atoms with Crippen molar-refractivity contribution in [2.75, 3.05) is 16.8 Å². The summed E-state index contributed by atoms with van der Waals surface area (Å²) in [6, 6.07) is 13.3. The molecule has 176 valence electrons. The standard InChI is InChI=1S/C26H26N8O/c1-26(2)11-9-23-31-32-24(34(23)26)19-6-5-7-21(29-19)30-25(35)20-14-18-16-33(13-10-17(18)15-28-20)22-8-3-4-12-27-22/h3-8,12,14-15H,9-11,13,16H2,1-2H3,(H,29,30,35). The van der Waals surface area contributed by atoms with Crippen LogP contribution in [0.5, 0.6) is 0 Å². The number of nitrogens with one attached hydrogen (secondary N) is 1. The molecule has 9 nitrogen and oxygen atoms in total. The molecule has 0 saturated heterocycles. The molecule has 35 heavy (non-hydrogen) atoms. The summed E-state index contributed by atoms with van der Waals surface area (Å²) in [5, 5.41) is 11.6. The fraction of sp³-hybridized carbons (Fsp3) is 0.308. The molecule has 6 heterocycles. The third-order valence-corrected chi connectivity index (χ3v) is 6.82. The molecule has 0 saturated carbocycles. The van der Waals surface area contributed by atoms with Gasteiger partial charge in [0.05, 0.1) is 0 Å². The van der Waals surface area contributed by atoms with Gasteiger partial charge in [-0.2, -0.15) is 0 Å². The van der Waals surface area contributed by atoms with E-state index in [-0.39, 0.29) is 11.4 Å². The first kappa shape index (κ1) is 21.4.